The molecule has 1 heterocycles. The van der Waals surface area contributed by atoms with Crippen molar-refractivity contribution in [2.24, 2.45) is 11.8 Å². The number of carboxylic acid groups (broad SMARTS) is 1. The molecule has 0 aromatic heterocycles. The lowest BCUT2D eigenvalue weighted by Gasteiger charge is -2.33. The van der Waals surface area contributed by atoms with Crippen molar-refractivity contribution in [1.29, 1.82) is 0 Å². The van der Waals surface area contributed by atoms with Gasteiger partial charge in [0.25, 0.3) is 5.91 Å². The van der Waals surface area contributed by atoms with E-state index in [1.165, 1.54) is 11.4 Å². The zero-order chi connectivity index (χ0) is 17.9. The summed E-state index contributed by atoms with van der Waals surface area (Å²) in [6.45, 7) is 2.20. The molecule has 1 aliphatic rings. The van der Waals surface area contributed by atoms with Gasteiger partial charge >= 0.3 is 5.97 Å². The second-order valence-electron chi connectivity index (χ2n) is 6.23. The van der Waals surface area contributed by atoms with E-state index in [1.807, 2.05) is 6.92 Å². The maximum Gasteiger partial charge on any atom is 0.307 e. The molecular weight excluding hydrogens is 332 g/mol. The number of hydrogen-bond acceptors (Lipinski definition) is 4. The van der Waals surface area contributed by atoms with Gasteiger partial charge in [-0.1, -0.05) is 19.1 Å². The average molecular weight is 354 g/mol. The molecule has 2 rings (SSSR count). The lowest BCUT2D eigenvalue weighted by Crippen LogP contribution is -2.45. The van der Waals surface area contributed by atoms with Crippen LogP contribution in [0.4, 0.5) is 0 Å². The number of carbonyl (C=O) groups excluding carboxylic acids is 1. The first-order valence-electron chi connectivity index (χ1n) is 7.74. The Morgan fingerprint density at radius 2 is 1.88 bits per heavy atom. The molecule has 2 atom stereocenters. The molecule has 1 aromatic carbocycles. The van der Waals surface area contributed by atoms with Gasteiger partial charge < -0.3 is 10.4 Å². The fraction of sp³-hybridized carbons (Fsp3) is 0.500. The standard InChI is InChI=1S/C16H22N2O5S/c1-11-7-14(16(20)21)9-18(8-11)24(22,23)10-12-3-5-13(6-4-12)15(19)17-2/h3-6,11,14H,7-10H2,1-2H3,(H,17,19)(H,20,21). The highest BCUT2D eigenvalue weighted by Crippen LogP contribution is 2.25. The van der Waals surface area contributed by atoms with Crippen LogP contribution in [-0.2, 0) is 20.6 Å². The minimum atomic E-state index is -3.60. The number of nitrogens with zero attached hydrogens (tertiary/aromatic N) is 1. The number of hydrogen-bond donors (Lipinski definition) is 2. The molecule has 1 fully saturated rings. The van der Waals surface area contributed by atoms with Crippen LogP contribution in [-0.4, -0.2) is 49.8 Å². The van der Waals surface area contributed by atoms with Crippen LogP contribution < -0.4 is 5.32 Å². The highest BCUT2D eigenvalue weighted by Gasteiger charge is 2.35. The van der Waals surface area contributed by atoms with Crippen molar-refractivity contribution in [2.75, 3.05) is 20.1 Å². The first-order valence-corrected chi connectivity index (χ1v) is 9.35. The number of rotatable bonds is 5. The highest BCUT2D eigenvalue weighted by molar-refractivity contribution is 7.88. The molecule has 1 saturated heterocycles. The predicted molar refractivity (Wildman–Crippen MR) is 88.9 cm³/mol. The van der Waals surface area contributed by atoms with Crippen LogP contribution in [0.5, 0.6) is 0 Å². The molecule has 1 amide bonds. The molecule has 0 saturated carbocycles. The van der Waals surface area contributed by atoms with Gasteiger partial charge in [-0.15, -0.1) is 0 Å². The van der Waals surface area contributed by atoms with Crippen LogP contribution in [0.1, 0.15) is 29.3 Å². The van der Waals surface area contributed by atoms with Gasteiger partial charge in [0.15, 0.2) is 0 Å². The van der Waals surface area contributed by atoms with E-state index in [0.29, 0.717) is 24.1 Å². The zero-order valence-corrected chi connectivity index (χ0v) is 14.5. The van der Waals surface area contributed by atoms with Crippen molar-refractivity contribution in [2.45, 2.75) is 19.1 Å². The van der Waals surface area contributed by atoms with Gasteiger partial charge in [0.1, 0.15) is 0 Å². The van der Waals surface area contributed by atoms with Crippen LogP contribution in [0.25, 0.3) is 0 Å². The Bertz CT molecular complexity index is 714. The maximum atomic E-state index is 12.6. The summed E-state index contributed by atoms with van der Waals surface area (Å²) in [5, 5.41) is 11.7. The first-order chi connectivity index (χ1) is 11.2. The Morgan fingerprint density at radius 1 is 1.25 bits per heavy atom. The van der Waals surface area contributed by atoms with E-state index in [9.17, 15) is 23.1 Å². The first kappa shape index (κ1) is 18.4. The zero-order valence-electron chi connectivity index (χ0n) is 13.7. The molecule has 7 nitrogen and oxygen atoms in total. The number of piperidine rings is 1. The Kier molecular flexibility index (Phi) is 5.61. The van der Waals surface area contributed by atoms with Crippen LogP contribution in [0, 0.1) is 11.8 Å². The quantitative estimate of drug-likeness (QED) is 0.818. The molecule has 0 radical (unpaired) electrons. The Morgan fingerprint density at radius 3 is 2.42 bits per heavy atom. The number of nitrogens with one attached hydrogen (secondary N) is 1. The largest absolute Gasteiger partial charge is 0.481 e. The molecule has 2 N–H and O–H groups in total. The highest BCUT2D eigenvalue weighted by atomic mass is 32.2. The van der Waals surface area contributed by atoms with Gasteiger partial charge in [-0.25, -0.2) is 12.7 Å². The normalized spacial score (nSPS) is 22.1. The average Bonchev–Trinajstić information content (AvgIpc) is 2.53. The summed E-state index contributed by atoms with van der Waals surface area (Å²) in [6.07, 6.45) is 0.488. The van der Waals surface area contributed by atoms with Gasteiger partial charge in [-0.05, 0) is 30.0 Å². The third kappa shape index (κ3) is 4.33. The number of aliphatic carboxylic acids is 1. The van der Waals surface area contributed by atoms with E-state index in [-0.39, 0.29) is 24.1 Å². The van der Waals surface area contributed by atoms with Crippen LogP contribution >= 0.6 is 0 Å². The summed E-state index contributed by atoms with van der Waals surface area (Å²) in [5.74, 6) is -2.07. The van der Waals surface area contributed by atoms with Crippen LogP contribution in [0.15, 0.2) is 24.3 Å². The van der Waals surface area contributed by atoms with Crippen molar-refractivity contribution in [3.05, 3.63) is 35.4 Å². The number of carboxylic acids is 1. The molecule has 1 aliphatic heterocycles. The van der Waals surface area contributed by atoms with Crippen molar-refractivity contribution in [3.8, 4) is 0 Å². The Hall–Kier alpha value is -1.93. The van der Waals surface area contributed by atoms with Crippen molar-refractivity contribution < 1.29 is 23.1 Å². The smallest absolute Gasteiger partial charge is 0.307 e. The topological polar surface area (TPSA) is 104 Å². The Balaban J connectivity index is 2.12. The van der Waals surface area contributed by atoms with Gasteiger partial charge in [0.2, 0.25) is 10.0 Å². The number of amides is 1. The third-order valence-electron chi connectivity index (χ3n) is 4.16. The van der Waals surface area contributed by atoms with Crippen molar-refractivity contribution in [3.63, 3.8) is 0 Å². The second-order valence-corrected chi connectivity index (χ2v) is 8.19. The summed E-state index contributed by atoms with van der Waals surface area (Å²) in [5.41, 5.74) is 1.02. The lowest BCUT2D eigenvalue weighted by molar-refractivity contribution is -0.143. The summed E-state index contributed by atoms with van der Waals surface area (Å²) in [7, 11) is -2.08. The van der Waals surface area contributed by atoms with Crippen LogP contribution in [0.3, 0.4) is 0 Å². The number of carbonyl (C=O) groups is 2. The van der Waals surface area contributed by atoms with E-state index in [2.05, 4.69) is 5.32 Å². The van der Waals surface area contributed by atoms with E-state index in [0.717, 1.165) is 0 Å². The molecule has 0 bridgehead atoms. The predicted octanol–water partition coefficient (Wildman–Crippen LogP) is 0.919. The van der Waals surface area contributed by atoms with Gasteiger partial charge in [-0.2, -0.15) is 0 Å². The molecule has 0 aliphatic carbocycles. The fourth-order valence-corrected chi connectivity index (χ4v) is 4.59. The third-order valence-corrected chi connectivity index (χ3v) is 5.94. The second kappa shape index (κ2) is 7.31. The molecule has 132 valence electrons. The van der Waals surface area contributed by atoms with Crippen molar-refractivity contribution >= 4 is 21.9 Å². The van der Waals surface area contributed by atoms with Gasteiger partial charge in [0, 0.05) is 25.7 Å². The van der Waals surface area contributed by atoms with E-state index >= 15 is 0 Å². The monoisotopic (exact) mass is 354 g/mol. The minimum Gasteiger partial charge on any atom is -0.481 e. The maximum absolute atomic E-state index is 12.6. The minimum absolute atomic E-state index is 0.00486. The molecule has 0 spiro atoms. The summed E-state index contributed by atoms with van der Waals surface area (Å²) >= 11 is 0. The molecule has 8 heteroatoms. The number of benzene rings is 1. The van der Waals surface area contributed by atoms with Crippen LogP contribution in [0.2, 0.25) is 0 Å². The van der Waals surface area contributed by atoms with Gasteiger partial charge in [-0.3, -0.25) is 9.59 Å². The molecule has 2 unspecified atom stereocenters. The summed E-state index contributed by atoms with van der Waals surface area (Å²) < 4.78 is 26.5. The SMILES string of the molecule is CNC(=O)c1ccc(CS(=O)(=O)N2CC(C)CC(C(=O)O)C2)cc1. The molecular formula is C16H22N2O5S. The summed E-state index contributed by atoms with van der Waals surface area (Å²) in [6, 6.07) is 6.35. The number of sulfonamides is 1. The molecule has 1 aromatic rings. The Labute approximate surface area is 141 Å². The van der Waals surface area contributed by atoms with Crippen molar-refractivity contribution in [1.82, 2.24) is 9.62 Å². The fourth-order valence-electron chi connectivity index (χ4n) is 2.91. The lowest BCUT2D eigenvalue weighted by atomic mass is 9.92. The van der Waals surface area contributed by atoms with E-state index < -0.39 is 21.9 Å². The van der Waals surface area contributed by atoms with E-state index in [4.69, 9.17) is 0 Å². The summed E-state index contributed by atoms with van der Waals surface area (Å²) in [4.78, 5) is 22.7. The van der Waals surface area contributed by atoms with Gasteiger partial charge in [0.05, 0.1) is 11.7 Å². The van der Waals surface area contributed by atoms with E-state index in [1.54, 1.807) is 24.3 Å². The molecule has 24 heavy (non-hydrogen) atoms.